The molecule has 0 aromatic rings. The Morgan fingerprint density at radius 3 is 1.84 bits per heavy atom. The van der Waals surface area contributed by atoms with Gasteiger partial charge in [0.15, 0.2) is 0 Å². The molecular weight excluding hydrogens is 488 g/mol. The maximum Gasteiger partial charge on any atom is 0.404 e. The van der Waals surface area contributed by atoms with Gasteiger partial charge in [-0.2, -0.15) is 0 Å². The molecule has 188 valence electrons. The van der Waals surface area contributed by atoms with E-state index in [0.29, 0.717) is 23.2 Å². The SMILES string of the molecule is CC(C)[Si](OC1CCC(N(CC(NC(=O)O)C(C)(C)C)C(=O)CBr)CC1)(C(C)C)C(C)C. The van der Waals surface area contributed by atoms with Crippen LogP contribution in [-0.2, 0) is 9.22 Å². The molecule has 0 aromatic heterocycles. The van der Waals surface area contributed by atoms with Crippen LogP contribution in [0.25, 0.3) is 0 Å². The first-order valence-corrected chi connectivity index (χ1v) is 15.5. The highest BCUT2D eigenvalue weighted by Gasteiger charge is 2.47. The molecule has 0 aromatic carbocycles. The highest BCUT2D eigenvalue weighted by atomic mass is 79.9. The minimum Gasteiger partial charge on any atom is -0.465 e. The van der Waals surface area contributed by atoms with E-state index < -0.39 is 14.4 Å². The topological polar surface area (TPSA) is 78.9 Å². The summed E-state index contributed by atoms with van der Waals surface area (Å²) in [6.45, 7) is 20.3. The van der Waals surface area contributed by atoms with Crippen LogP contribution < -0.4 is 5.32 Å². The van der Waals surface area contributed by atoms with Crippen LogP contribution in [-0.4, -0.2) is 60.4 Å². The Labute approximate surface area is 205 Å². The van der Waals surface area contributed by atoms with Gasteiger partial charge in [-0.15, -0.1) is 0 Å². The number of rotatable bonds is 10. The summed E-state index contributed by atoms with van der Waals surface area (Å²) >= 11 is 3.33. The van der Waals surface area contributed by atoms with Crippen LogP contribution in [0, 0.1) is 5.41 Å². The van der Waals surface area contributed by atoms with Crippen molar-refractivity contribution in [3.05, 3.63) is 0 Å². The maximum absolute atomic E-state index is 12.8. The lowest BCUT2D eigenvalue weighted by Crippen LogP contribution is -2.55. The zero-order valence-electron chi connectivity index (χ0n) is 21.7. The van der Waals surface area contributed by atoms with Crippen LogP contribution in [0.1, 0.15) is 88.0 Å². The van der Waals surface area contributed by atoms with Crippen LogP contribution in [0.15, 0.2) is 0 Å². The Bertz CT molecular complexity index is 592. The number of nitrogens with zero attached hydrogens (tertiary/aromatic N) is 1. The van der Waals surface area contributed by atoms with E-state index >= 15 is 0 Å². The van der Waals surface area contributed by atoms with Crippen molar-refractivity contribution in [3.8, 4) is 0 Å². The summed E-state index contributed by atoms with van der Waals surface area (Å²) in [5.74, 6) is 0.0195. The molecule has 1 fully saturated rings. The van der Waals surface area contributed by atoms with Crippen LogP contribution >= 0.6 is 15.9 Å². The number of hydrogen-bond acceptors (Lipinski definition) is 3. The van der Waals surface area contributed by atoms with Gasteiger partial charge < -0.3 is 19.7 Å². The summed E-state index contributed by atoms with van der Waals surface area (Å²) < 4.78 is 7.00. The number of alkyl halides is 1. The van der Waals surface area contributed by atoms with Gasteiger partial charge in [-0.05, 0) is 47.7 Å². The van der Waals surface area contributed by atoms with E-state index in [4.69, 9.17) is 4.43 Å². The molecule has 2 amide bonds. The molecule has 1 saturated carbocycles. The smallest absolute Gasteiger partial charge is 0.404 e. The first-order chi connectivity index (χ1) is 14.7. The molecule has 0 saturated heterocycles. The van der Waals surface area contributed by atoms with Crippen molar-refractivity contribution in [3.63, 3.8) is 0 Å². The second-order valence-corrected chi connectivity index (χ2v) is 17.4. The van der Waals surface area contributed by atoms with Crippen LogP contribution in [0.2, 0.25) is 16.6 Å². The van der Waals surface area contributed by atoms with Gasteiger partial charge in [-0.1, -0.05) is 78.2 Å². The molecule has 0 bridgehead atoms. The Morgan fingerprint density at radius 2 is 1.50 bits per heavy atom. The third-order valence-electron chi connectivity index (χ3n) is 7.32. The number of carboxylic acid groups (broad SMARTS) is 1. The molecule has 0 spiro atoms. The van der Waals surface area contributed by atoms with E-state index in [1.54, 1.807) is 0 Å². The highest BCUT2D eigenvalue weighted by Crippen LogP contribution is 2.44. The van der Waals surface area contributed by atoms with Gasteiger partial charge in [-0.25, -0.2) is 4.79 Å². The highest BCUT2D eigenvalue weighted by molar-refractivity contribution is 9.09. The fourth-order valence-corrected chi connectivity index (χ4v) is 11.5. The number of hydrogen-bond donors (Lipinski definition) is 2. The summed E-state index contributed by atoms with van der Waals surface area (Å²) in [5.41, 5.74) is 1.38. The first-order valence-electron chi connectivity index (χ1n) is 12.2. The van der Waals surface area contributed by atoms with Crippen molar-refractivity contribution in [2.75, 3.05) is 11.9 Å². The molecule has 8 heteroatoms. The average molecular weight is 536 g/mol. The minimum atomic E-state index is -1.93. The van der Waals surface area contributed by atoms with E-state index in [9.17, 15) is 14.7 Å². The van der Waals surface area contributed by atoms with Gasteiger partial charge in [0.25, 0.3) is 0 Å². The predicted octanol–water partition coefficient (Wildman–Crippen LogP) is 6.40. The van der Waals surface area contributed by atoms with Crippen LogP contribution in [0.3, 0.4) is 0 Å². The quantitative estimate of drug-likeness (QED) is 0.251. The van der Waals surface area contributed by atoms with E-state index in [2.05, 4.69) is 62.8 Å². The maximum atomic E-state index is 12.8. The lowest BCUT2D eigenvalue weighted by molar-refractivity contribution is -0.132. The van der Waals surface area contributed by atoms with Gasteiger partial charge in [-0.3, -0.25) is 4.79 Å². The Balaban J connectivity index is 2.96. The fraction of sp³-hybridized carbons (Fsp3) is 0.917. The van der Waals surface area contributed by atoms with Gasteiger partial charge in [0, 0.05) is 18.7 Å². The van der Waals surface area contributed by atoms with Crippen LogP contribution in [0.5, 0.6) is 0 Å². The Morgan fingerprint density at radius 1 is 1.03 bits per heavy atom. The number of halogens is 1. The molecule has 1 rings (SSSR count). The lowest BCUT2D eigenvalue weighted by atomic mass is 9.85. The van der Waals surface area contributed by atoms with Crippen molar-refractivity contribution in [1.29, 1.82) is 0 Å². The van der Waals surface area contributed by atoms with E-state index in [0.717, 1.165) is 25.7 Å². The van der Waals surface area contributed by atoms with Crippen molar-refractivity contribution >= 4 is 36.2 Å². The minimum absolute atomic E-state index is 0.0195. The molecule has 32 heavy (non-hydrogen) atoms. The summed E-state index contributed by atoms with van der Waals surface area (Å²) in [4.78, 5) is 26.1. The predicted molar refractivity (Wildman–Crippen MR) is 138 cm³/mol. The molecule has 1 unspecified atom stereocenters. The standard InChI is InChI=1S/C24H47BrN2O4Si/c1-16(2)32(17(3)4,18(5)6)31-20-12-10-19(11-13-20)27(22(28)14-25)15-21(24(7,8)9)26-23(29)30/h16-21,26H,10-15H2,1-9H3,(H,29,30). The number of carbonyl (C=O) groups is 2. The lowest BCUT2D eigenvalue weighted by Gasteiger charge is -2.47. The normalized spacial score (nSPS) is 21.2. The van der Waals surface area contributed by atoms with Gasteiger partial charge in [0.2, 0.25) is 14.2 Å². The van der Waals surface area contributed by atoms with E-state index in [-0.39, 0.29) is 34.8 Å². The summed E-state index contributed by atoms with van der Waals surface area (Å²) in [7, 11) is -1.93. The largest absolute Gasteiger partial charge is 0.465 e. The summed E-state index contributed by atoms with van der Waals surface area (Å²) in [6, 6.07) is -0.214. The number of carbonyl (C=O) groups excluding carboxylic acids is 1. The van der Waals surface area contributed by atoms with E-state index in [1.807, 2.05) is 25.7 Å². The van der Waals surface area contributed by atoms with Crippen molar-refractivity contribution < 1.29 is 19.1 Å². The zero-order chi connectivity index (χ0) is 24.9. The molecule has 0 heterocycles. The molecule has 1 aliphatic carbocycles. The van der Waals surface area contributed by atoms with Crippen molar-refractivity contribution in [2.24, 2.45) is 5.41 Å². The Hall–Kier alpha value is -0.603. The first kappa shape index (κ1) is 29.4. The number of amides is 2. The third-order valence-corrected chi connectivity index (χ3v) is 14.0. The van der Waals surface area contributed by atoms with Crippen molar-refractivity contribution in [2.45, 2.75) is 123 Å². The average Bonchev–Trinajstić information content (AvgIpc) is 2.67. The monoisotopic (exact) mass is 534 g/mol. The van der Waals surface area contributed by atoms with Gasteiger partial charge in [0.1, 0.15) is 0 Å². The second kappa shape index (κ2) is 12.2. The number of nitrogens with one attached hydrogen (secondary N) is 1. The summed E-state index contributed by atoms with van der Waals surface area (Å²) in [5, 5.41) is 12.2. The molecule has 1 atom stereocenters. The Kier molecular flexibility index (Phi) is 11.2. The molecular formula is C24H47BrN2O4Si. The fourth-order valence-electron chi connectivity index (χ4n) is 5.58. The molecule has 0 aliphatic heterocycles. The molecule has 6 nitrogen and oxygen atoms in total. The molecule has 1 aliphatic rings. The second-order valence-electron chi connectivity index (χ2n) is 11.4. The third kappa shape index (κ3) is 7.45. The van der Waals surface area contributed by atoms with Gasteiger partial charge in [0.05, 0.1) is 11.4 Å². The zero-order valence-corrected chi connectivity index (χ0v) is 24.3. The van der Waals surface area contributed by atoms with E-state index in [1.165, 1.54) is 0 Å². The molecule has 0 radical (unpaired) electrons. The van der Waals surface area contributed by atoms with Gasteiger partial charge >= 0.3 is 6.09 Å². The van der Waals surface area contributed by atoms with Crippen molar-refractivity contribution in [1.82, 2.24) is 10.2 Å². The molecule has 2 N–H and O–H groups in total. The summed E-state index contributed by atoms with van der Waals surface area (Å²) in [6.07, 6.45) is 2.89. The van der Waals surface area contributed by atoms with Crippen LogP contribution in [0.4, 0.5) is 4.79 Å².